The first-order chi connectivity index (χ1) is 8.86. The lowest BCUT2D eigenvalue weighted by molar-refractivity contribution is 0.352. The van der Waals surface area contributed by atoms with Crippen molar-refractivity contribution in [3.63, 3.8) is 0 Å². The average molecular weight is 262 g/mol. The van der Waals surface area contributed by atoms with Crippen molar-refractivity contribution in [1.82, 2.24) is 5.32 Å². The molecule has 3 N–H and O–H groups in total. The van der Waals surface area contributed by atoms with Crippen molar-refractivity contribution < 1.29 is 0 Å². The second kappa shape index (κ2) is 7.06. The van der Waals surface area contributed by atoms with Crippen LogP contribution in [0.25, 0.3) is 0 Å². The Morgan fingerprint density at radius 3 is 2.47 bits per heavy atom. The molecule has 2 heteroatoms. The summed E-state index contributed by atoms with van der Waals surface area (Å²) in [4.78, 5) is 0. The van der Waals surface area contributed by atoms with Gasteiger partial charge in [0.15, 0.2) is 0 Å². The fraction of sp³-hybridized carbons (Fsp3) is 0.647. The van der Waals surface area contributed by atoms with Gasteiger partial charge in [0, 0.05) is 12.0 Å². The van der Waals surface area contributed by atoms with Gasteiger partial charge in [-0.1, -0.05) is 57.5 Å². The first-order valence-corrected chi connectivity index (χ1v) is 7.34. The van der Waals surface area contributed by atoms with E-state index in [1.807, 2.05) is 0 Å². The van der Waals surface area contributed by atoms with E-state index in [4.69, 9.17) is 5.73 Å². The minimum Gasteiger partial charge on any atom is -0.330 e. The van der Waals surface area contributed by atoms with Crippen LogP contribution in [0.1, 0.15) is 38.8 Å². The van der Waals surface area contributed by atoms with E-state index in [1.165, 1.54) is 11.1 Å². The van der Waals surface area contributed by atoms with Gasteiger partial charge in [0.25, 0.3) is 0 Å². The number of hydrogen-bond acceptors (Lipinski definition) is 2. The van der Waals surface area contributed by atoms with Crippen molar-refractivity contribution in [1.29, 1.82) is 0 Å². The molecule has 1 aromatic rings. The second-order valence-electron chi connectivity index (χ2n) is 6.62. The van der Waals surface area contributed by atoms with E-state index in [0.29, 0.717) is 11.8 Å². The monoisotopic (exact) mass is 262 g/mol. The van der Waals surface area contributed by atoms with Crippen molar-refractivity contribution >= 4 is 0 Å². The van der Waals surface area contributed by atoms with Crippen molar-refractivity contribution in [2.75, 3.05) is 19.6 Å². The Morgan fingerprint density at radius 1 is 1.26 bits per heavy atom. The Bertz CT molecular complexity index is 383. The van der Waals surface area contributed by atoms with E-state index < -0.39 is 0 Å². The van der Waals surface area contributed by atoms with E-state index in [2.05, 4.69) is 64.2 Å². The maximum Gasteiger partial charge on any atom is 0.00433 e. The van der Waals surface area contributed by atoms with Crippen LogP contribution in [0.15, 0.2) is 24.3 Å². The highest BCUT2D eigenvalue weighted by molar-refractivity contribution is 5.28. The molecule has 1 aromatic carbocycles. The Balaban J connectivity index is 2.56. The number of nitrogens with two attached hydrogens (primary N) is 1. The largest absolute Gasteiger partial charge is 0.330 e. The fourth-order valence-electron chi connectivity index (χ4n) is 2.33. The predicted molar refractivity (Wildman–Crippen MR) is 84.5 cm³/mol. The summed E-state index contributed by atoms with van der Waals surface area (Å²) in [5.41, 5.74) is 8.69. The molecule has 0 saturated carbocycles. The van der Waals surface area contributed by atoms with Gasteiger partial charge in [-0.3, -0.25) is 0 Å². The highest BCUT2D eigenvalue weighted by Gasteiger charge is 2.21. The Kier molecular flexibility index (Phi) is 6.02. The van der Waals surface area contributed by atoms with Crippen LogP contribution in [-0.4, -0.2) is 19.6 Å². The van der Waals surface area contributed by atoms with Crippen LogP contribution in [-0.2, 0) is 5.41 Å². The van der Waals surface area contributed by atoms with Crippen molar-refractivity contribution in [3.05, 3.63) is 35.4 Å². The van der Waals surface area contributed by atoms with Crippen LogP contribution in [0.3, 0.4) is 0 Å². The molecule has 0 aliphatic rings. The molecule has 19 heavy (non-hydrogen) atoms. The summed E-state index contributed by atoms with van der Waals surface area (Å²) in [5, 5.41) is 3.60. The molecule has 0 heterocycles. The van der Waals surface area contributed by atoms with Crippen LogP contribution in [0.2, 0.25) is 0 Å². The van der Waals surface area contributed by atoms with Gasteiger partial charge in [0.1, 0.15) is 0 Å². The van der Waals surface area contributed by atoms with Crippen molar-refractivity contribution in [2.45, 2.75) is 40.0 Å². The van der Waals surface area contributed by atoms with Gasteiger partial charge in [-0.2, -0.15) is 0 Å². The summed E-state index contributed by atoms with van der Waals surface area (Å²) in [7, 11) is 0. The average Bonchev–Trinajstić information content (AvgIpc) is 2.34. The Morgan fingerprint density at radius 2 is 1.95 bits per heavy atom. The third-order valence-corrected chi connectivity index (χ3v) is 4.02. The summed E-state index contributed by atoms with van der Waals surface area (Å²) >= 11 is 0. The molecule has 0 aliphatic heterocycles. The van der Waals surface area contributed by atoms with Crippen LogP contribution in [0, 0.1) is 18.8 Å². The molecule has 1 rings (SSSR count). The zero-order valence-corrected chi connectivity index (χ0v) is 13.2. The molecule has 0 spiro atoms. The third-order valence-electron chi connectivity index (χ3n) is 4.02. The quantitative estimate of drug-likeness (QED) is 0.792. The molecule has 1 atom stereocenters. The van der Waals surface area contributed by atoms with Crippen LogP contribution in [0.4, 0.5) is 0 Å². The second-order valence-corrected chi connectivity index (χ2v) is 6.62. The number of nitrogens with one attached hydrogen (secondary N) is 1. The molecular formula is C17H30N2. The number of benzene rings is 1. The molecule has 0 bridgehead atoms. The Labute approximate surface area is 118 Å². The summed E-state index contributed by atoms with van der Waals surface area (Å²) in [5.74, 6) is 1.20. The molecule has 0 saturated heterocycles. The summed E-state index contributed by atoms with van der Waals surface area (Å²) < 4.78 is 0. The van der Waals surface area contributed by atoms with Crippen LogP contribution < -0.4 is 11.1 Å². The SMILES string of the molecule is Cc1cccc(C(C)(C)CNCC(CN)C(C)C)c1. The van der Waals surface area contributed by atoms with Crippen molar-refractivity contribution in [3.8, 4) is 0 Å². The lowest BCUT2D eigenvalue weighted by atomic mass is 9.83. The zero-order chi connectivity index (χ0) is 14.5. The maximum absolute atomic E-state index is 5.81. The standard InChI is InChI=1S/C17H30N2/c1-13(2)15(10-18)11-19-12-17(4,5)16-8-6-7-14(3)9-16/h6-9,13,15,19H,10-12,18H2,1-5H3. The molecule has 1 unspecified atom stereocenters. The smallest absolute Gasteiger partial charge is 0.00433 e. The zero-order valence-electron chi connectivity index (χ0n) is 13.2. The summed E-state index contributed by atoms with van der Waals surface area (Å²) in [6.45, 7) is 14.0. The minimum atomic E-state index is 0.155. The highest BCUT2D eigenvalue weighted by Crippen LogP contribution is 2.23. The normalized spacial score (nSPS) is 13.8. The lowest BCUT2D eigenvalue weighted by Gasteiger charge is -2.28. The van der Waals surface area contributed by atoms with Gasteiger partial charge in [0.2, 0.25) is 0 Å². The molecule has 0 radical (unpaired) electrons. The predicted octanol–water partition coefficient (Wildman–Crippen LogP) is 3.09. The molecule has 0 aromatic heterocycles. The summed E-state index contributed by atoms with van der Waals surface area (Å²) in [6.07, 6.45) is 0. The van der Waals surface area contributed by atoms with Crippen LogP contribution >= 0.6 is 0 Å². The molecule has 0 aliphatic carbocycles. The fourth-order valence-corrected chi connectivity index (χ4v) is 2.33. The minimum absolute atomic E-state index is 0.155. The number of hydrogen-bond donors (Lipinski definition) is 2. The van der Waals surface area contributed by atoms with Gasteiger partial charge in [0.05, 0.1) is 0 Å². The lowest BCUT2D eigenvalue weighted by Crippen LogP contribution is -2.38. The van der Waals surface area contributed by atoms with Crippen LogP contribution in [0.5, 0.6) is 0 Å². The van der Waals surface area contributed by atoms with Gasteiger partial charge < -0.3 is 11.1 Å². The van der Waals surface area contributed by atoms with E-state index in [-0.39, 0.29) is 5.41 Å². The topological polar surface area (TPSA) is 38.0 Å². The van der Waals surface area contributed by atoms with Gasteiger partial charge in [-0.05, 0) is 37.4 Å². The van der Waals surface area contributed by atoms with E-state index in [9.17, 15) is 0 Å². The molecule has 2 nitrogen and oxygen atoms in total. The van der Waals surface area contributed by atoms with Crippen molar-refractivity contribution in [2.24, 2.45) is 17.6 Å². The van der Waals surface area contributed by atoms with Gasteiger partial charge in [-0.25, -0.2) is 0 Å². The molecule has 0 fully saturated rings. The number of aryl methyl sites for hydroxylation is 1. The highest BCUT2D eigenvalue weighted by atomic mass is 14.9. The van der Waals surface area contributed by atoms with Gasteiger partial charge >= 0.3 is 0 Å². The third kappa shape index (κ3) is 4.96. The van der Waals surface area contributed by atoms with Gasteiger partial charge in [-0.15, -0.1) is 0 Å². The Hall–Kier alpha value is -0.860. The van der Waals surface area contributed by atoms with E-state index >= 15 is 0 Å². The number of rotatable bonds is 7. The van der Waals surface area contributed by atoms with E-state index in [1.54, 1.807) is 0 Å². The molecule has 108 valence electrons. The first-order valence-electron chi connectivity index (χ1n) is 7.34. The molecule has 0 amide bonds. The van der Waals surface area contributed by atoms with E-state index in [0.717, 1.165) is 19.6 Å². The molecular weight excluding hydrogens is 232 g/mol. The first kappa shape index (κ1) is 16.2. The summed E-state index contributed by atoms with van der Waals surface area (Å²) in [6, 6.07) is 8.79. The maximum atomic E-state index is 5.81.